The highest BCUT2D eigenvalue weighted by Gasteiger charge is 2.25. The zero-order valence-electron chi connectivity index (χ0n) is 27.5. The van der Waals surface area contributed by atoms with Crippen molar-refractivity contribution < 1.29 is 33.6 Å². The van der Waals surface area contributed by atoms with E-state index in [-0.39, 0.29) is 37.8 Å². The van der Waals surface area contributed by atoms with Gasteiger partial charge in [0.1, 0.15) is 25.0 Å². The molecule has 252 valence electrons. The monoisotopic (exact) mass is 650 g/mol. The van der Waals surface area contributed by atoms with E-state index in [0.29, 0.717) is 40.1 Å². The predicted molar refractivity (Wildman–Crippen MR) is 179 cm³/mol. The molecular weight excluding hydrogens is 608 g/mol. The first kappa shape index (κ1) is 33.8. The van der Waals surface area contributed by atoms with E-state index < -0.39 is 5.97 Å². The first-order valence-electron chi connectivity index (χ1n) is 15.6. The Morgan fingerprint density at radius 1 is 0.787 bits per heavy atom. The van der Waals surface area contributed by atoms with Gasteiger partial charge in [-0.1, -0.05) is 0 Å². The van der Waals surface area contributed by atoms with Crippen LogP contribution >= 0.6 is 0 Å². The van der Waals surface area contributed by atoms with Gasteiger partial charge in [-0.25, -0.2) is 4.79 Å². The summed E-state index contributed by atoms with van der Waals surface area (Å²) in [6.07, 6.45) is 3.26. The Labute approximate surface area is 271 Å². The molecule has 0 saturated carbocycles. The third-order valence-corrected chi connectivity index (χ3v) is 8.37. The Balaban J connectivity index is 0.000000186. The van der Waals surface area contributed by atoms with E-state index in [1.807, 2.05) is 6.07 Å². The summed E-state index contributed by atoms with van der Waals surface area (Å²) in [5, 5.41) is 17.7. The maximum Gasteiger partial charge on any atom is 0.338 e. The quantitative estimate of drug-likeness (QED) is 0.228. The van der Waals surface area contributed by atoms with Gasteiger partial charge < -0.3 is 39.4 Å². The molecule has 2 aromatic heterocycles. The van der Waals surface area contributed by atoms with Crippen molar-refractivity contribution in [2.75, 3.05) is 58.8 Å². The van der Waals surface area contributed by atoms with E-state index in [4.69, 9.17) is 23.7 Å². The highest BCUT2D eigenvalue weighted by molar-refractivity contribution is 6.03. The first-order chi connectivity index (χ1) is 22.8. The molecule has 2 aromatic carbocycles. The molecule has 13 nitrogen and oxygen atoms in total. The fraction of sp³-hybridized carbons (Fsp3) is 0.441. The van der Waals surface area contributed by atoms with E-state index in [1.165, 1.54) is 11.7 Å². The lowest BCUT2D eigenvalue weighted by Gasteiger charge is -2.23. The molecule has 2 aliphatic heterocycles. The number of nitrogens with zero attached hydrogens (tertiary/aromatic N) is 2. The van der Waals surface area contributed by atoms with Gasteiger partial charge in [0, 0.05) is 38.4 Å². The van der Waals surface area contributed by atoms with Gasteiger partial charge in [-0.15, -0.1) is 0 Å². The Hall–Kier alpha value is -4.59. The molecule has 0 amide bonds. The number of pyridine rings is 2. The topological polar surface area (TPSA) is 152 Å². The summed E-state index contributed by atoms with van der Waals surface area (Å²) in [6.45, 7) is 3.79. The fourth-order valence-corrected chi connectivity index (χ4v) is 6.32. The van der Waals surface area contributed by atoms with Crippen LogP contribution in [0.5, 0.6) is 11.5 Å². The predicted octanol–water partition coefficient (Wildman–Crippen LogP) is 3.61. The Bertz CT molecular complexity index is 1920. The maximum atomic E-state index is 12.9. The van der Waals surface area contributed by atoms with Gasteiger partial charge in [0.05, 0.1) is 66.2 Å². The highest BCUT2D eigenvalue weighted by atomic mass is 16.5. The van der Waals surface area contributed by atoms with Gasteiger partial charge in [0.25, 0.3) is 11.1 Å². The molecule has 4 aromatic rings. The Kier molecular flexibility index (Phi) is 10.7. The third kappa shape index (κ3) is 6.38. The summed E-state index contributed by atoms with van der Waals surface area (Å²) in [4.78, 5) is 37.9. The molecular formula is C34H42N4O9. The number of aliphatic hydroxyl groups is 1. The van der Waals surface area contributed by atoms with Crippen molar-refractivity contribution in [3.8, 4) is 11.5 Å². The summed E-state index contributed by atoms with van der Waals surface area (Å²) >= 11 is 0. The van der Waals surface area contributed by atoms with Crippen molar-refractivity contribution in [1.29, 1.82) is 0 Å². The lowest BCUT2D eigenvalue weighted by Crippen LogP contribution is -2.29. The van der Waals surface area contributed by atoms with Gasteiger partial charge >= 0.3 is 5.97 Å². The number of benzene rings is 2. The molecule has 0 radical (unpaired) electrons. The molecule has 0 fully saturated rings. The lowest BCUT2D eigenvalue weighted by molar-refractivity contribution is 0.0526. The van der Waals surface area contributed by atoms with Gasteiger partial charge in [-0.3, -0.25) is 18.7 Å². The maximum absolute atomic E-state index is 12.9. The summed E-state index contributed by atoms with van der Waals surface area (Å²) in [7, 11) is 6.23. The van der Waals surface area contributed by atoms with Gasteiger partial charge in [-0.2, -0.15) is 0 Å². The fourth-order valence-electron chi connectivity index (χ4n) is 6.32. The smallest absolute Gasteiger partial charge is 0.338 e. The number of fused-ring (bicyclic) bond motifs is 6. The van der Waals surface area contributed by atoms with Crippen molar-refractivity contribution in [3.05, 3.63) is 67.2 Å². The number of ether oxygens (including phenoxy) is 5. The molecule has 0 atom stereocenters. The first-order valence-corrected chi connectivity index (χ1v) is 15.6. The normalized spacial score (nSPS) is 13.5. The van der Waals surface area contributed by atoms with Crippen molar-refractivity contribution in [2.24, 2.45) is 0 Å². The molecule has 4 heterocycles. The van der Waals surface area contributed by atoms with Crippen LogP contribution < -0.4 is 31.2 Å². The second-order valence-electron chi connectivity index (χ2n) is 11.2. The van der Waals surface area contributed by atoms with Crippen LogP contribution in [0, 0.1) is 0 Å². The van der Waals surface area contributed by atoms with Gasteiger partial charge in [-0.05, 0) is 62.4 Å². The zero-order chi connectivity index (χ0) is 33.7. The molecule has 2 aliphatic rings. The number of hydrogen-bond acceptors (Lipinski definition) is 11. The summed E-state index contributed by atoms with van der Waals surface area (Å²) in [5.41, 5.74) is 5.30. The average Bonchev–Trinajstić information content (AvgIpc) is 3.11. The highest BCUT2D eigenvalue weighted by Crippen LogP contribution is 2.38. The van der Waals surface area contributed by atoms with Crippen molar-refractivity contribution in [3.63, 3.8) is 0 Å². The number of anilines is 2. The molecule has 0 saturated heterocycles. The van der Waals surface area contributed by atoms with E-state index in [9.17, 15) is 19.5 Å². The number of carbonyl (C=O) groups excluding carboxylic acids is 1. The molecule has 47 heavy (non-hydrogen) atoms. The molecule has 0 bridgehead atoms. The summed E-state index contributed by atoms with van der Waals surface area (Å²) < 4.78 is 29.7. The molecule has 0 unspecified atom stereocenters. The largest absolute Gasteiger partial charge is 0.496 e. The number of nitrogens with one attached hydrogen (secondary N) is 2. The van der Waals surface area contributed by atoms with Crippen molar-refractivity contribution in [2.45, 2.75) is 52.7 Å². The zero-order valence-corrected chi connectivity index (χ0v) is 27.5. The van der Waals surface area contributed by atoms with E-state index >= 15 is 0 Å². The third-order valence-electron chi connectivity index (χ3n) is 8.37. The van der Waals surface area contributed by atoms with Gasteiger partial charge in [0.2, 0.25) is 0 Å². The van der Waals surface area contributed by atoms with Crippen molar-refractivity contribution in [1.82, 2.24) is 9.13 Å². The standard InChI is InChI=1S/C18H22N2O5.C16H20N2O4/c1-4-25-18(22)11-8-13-15(14(9-11)24-3)16-12(6-5-7-19-16)17(21)20(13)10-23-2;1-21-9-18-12-6-10(8-19)7-13(22-2)14(12)15-11(16(18)20)4-3-5-17-15/h8-9,19H,4-7,10H2,1-3H3;6-7,17,19H,3-5,8-9H2,1-2H3. The number of rotatable bonds is 9. The van der Waals surface area contributed by atoms with E-state index in [1.54, 1.807) is 51.0 Å². The van der Waals surface area contributed by atoms with Gasteiger partial charge in [0.15, 0.2) is 0 Å². The minimum atomic E-state index is -0.454. The van der Waals surface area contributed by atoms with E-state index in [0.717, 1.165) is 65.6 Å². The second kappa shape index (κ2) is 14.9. The number of methoxy groups -OCH3 is 4. The van der Waals surface area contributed by atoms with Crippen LogP contribution in [0.15, 0.2) is 33.9 Å². The van der Waals surface area contributed by atoms with Crippen LogP contribution in [0.4, 0.5) is 11.4 Å². The molecule has 6 rings (SSSR count). The number of aliphatic hydroxyl groups excluding tert-OH is 1. The van der Waals surface area contributed by atoms with E-state index in [2.05, 4.69) is 10.6 Å². The minimum absolute atomic E-state index is 0.0475. The van der Waals surface area contributed by atoms with Crippen LogP contribution in [0.1, 0.15) is 46.8 Å². The Morgan fingerprint density at radius 2 is 1.30 bits per heavy atom. The van der Waals surface area contributed by atoms with Crippen LogP contribution in [-0.4, -0.2) is 68.3 Å². The van der Waals surface area contributed by atoms with Crippen LogP contribution in [0.2, 0.25) is 0 Å². The van der Waals surface area contributed by atoms with Crippen LogP contribution in [0.3, 0.4) is 0 Å². The number of aromatic nitrogens is 2. The number of carbonyl (C=O) groups is 1. The van der Waals surface area contributed by atoms with Crippen LogP contribution in [-0.2, 0) is 47.1 Å². The number of esters is 1. The average molecular weight is 651 g/mol. The summed E-state index contributed by atoms with van der Waals surface area (Å²) in [6, 6.07) is 6.93. The Morgan fingerprint density at radius 3 is 1.77 bits per heavy atom. The second-order valence-corrected chi connectivity index (χ2v) is 11.2. The molecule has 0 aliphatic carbocycles. The van der Waals surface area contributed by atoms with Crippen molar-refractivity contribution >= 4 is 39.1 Å². The molecule has 0 spiro atoms. The lowest BCUT2D eigenvalue weighted by atomic mass is 9.99. The minimum Gasteiger partial charge on any atom is -0.496 e. The number of hydrogen-bond donors (Lipinski definition) is 3. The molecule has 3 N–H and O–H groups in total. The molecule has 13 heteroatoms. The van der Waals surface area contributed by atoms with Crippen LogP contribution in [0.25, 0.3) is 21.8 Å². The summed E-state index contributed by atoms with van der Waals surface area (Å²) in [5.74, 6) is 0.720. The SMILES string of the molecule is CCOC(=O)c1cc(OC)c2c3c(c(=O)n(COC)c2c1)CCCN3.COCn1c(=O)c2c(c3c(OC)cc(CO)cc31)NCCC2.